The van der Waals surface area contributed by atoms with Crippen molar-refractivity contribution < 1.29 is 23.5 Å². The molecule has 2 unspecified atom stereocenters. The molecule has 2 atom stereocenters. The van der Waals surface area contributed by atoms with Crippen LogP contribution in [0.25, 0.3) is 0 Å². The number of amides is 1. The third-order valence-electron chi connectivity index (χ3n) is 4.33. The van der Waals surface area contributed by atoms with E-state index in [9.17, 15) is 18.4 Å². The summed E-state index contributed by atoms with van der Waals surface area (Å²) in [7, 11) is 0. The van der Waals surface area contributed by atoms with E-state index in [1.54, 1.807) is 0 Å². The molecule has 21 heavy (non-hydrogen) atoms. The Morgan fingerprint density at radius 2 is 1.86 bits per heavy atom. The first-order chi connectivity index (χ1) is 9.95. The molecule has 0 radical (unpaired) electrons. The minimum Gasteiger partial charge on any atom is -0.481 e. The van der Waals surface area contributed by atoms with E-state index in [1.165, 1.54) is 6.07 Å². The monoisotopic (exact) mass is 295 g/mol. The van der Waals surface area contributed by atoms with Gasteiger partial charge in [0, 0.05) is 12.0 Å². The zero-order valence-corrected chi connectivity index (χ0v) is 11.2. The molecule has 2 aliphatic rings. The quantitative estimate of drug-likeness (QED) is 0.893. The summed E-state index contributed by atoms with van der Waals surface area (Å²) in [4.78, 5) is 22.7. The van der Waals surface area contributed by atoms with Gasteiger partial charge in [-0.25, -0.2) is 8.78 Å². The lowest BCUT2D eigenvalue weighted by Crippen LogP contribution is -2.47. The van der Waals surface area contributed by atoms with Crippen molar-refractivity contribution in [2.75, 3.05) is 0 Å². The van der Waals surface area contributed by atoms with Crippen molar-refractivity contribution in [1.82, 2.24) is 5.32 Å². The van der Waals surface area contributed by atoms with Crippen molar-refractivity contribution in [1.29, 1.82) is 0 Å². The Bertz CT molecular complexity index is 599. The predicted octanol–water partition coefficient (Wildman–Crippen LogP) is 2.05. The molecule has 1 aromatic carbocycles. The van der Waals surface area contributed by atoms with E-state index in [1.807, 2.05) is 0 Å². The topological polar surface area (TPSA) is 66.4 Å². The Kier molecular flexibility index (Phi) is 3.39. The standard InChI is InChI=1S/C15H15F2NO3/c16-12-2-1-7(5-13(12)17)10-6-11(10)14(19)18-9-3-8(4-9)15(20)21/h1-2,5,8-11H,3-4,6H2,(H,18,19)(H,20,21). The van der Waals surface area contributed by atoms with Gasteiger partial charge in [-0.2, -0.15) is 0 Å². The highest BCUT2D eigenvalue weighted by molar-refractivity contribution is 5.83. The fraction of sp³-hybridized carbons (Fsp3) is 0.467. The largest absolute Gasteiger partial charge is 0.481 e. The van der Waals surface area contributed by atoms with Crippen LogP contribution >= 0.6 is 0 Å². The zero-order chi connectivity index (χ0) is 15.1. The summed E-state index contributed by atoms with van der Waals surface area (Å²) >= 11 is 0. The minimum absolute atomic E-state index is 0.0737. The third kappa shape index (κ3) is 2.75. The summed E-state index contributed by atoms with van der Waals surface area (Å²) in [6, 6.07) is 3.63. The summed E-state index contributed by atoms with van der Waals surface area (Å²) in [6.45, 7) is 0. The number of nitrogens with one attached hydrogen (secondary N) is 1. The molecule has 0 heterocycles. The Morgan fingerprint density at radius 1 is 1.14 bits per heavy atom. The van der Waals surface area contributed by atoms with Gasteiger partial charge in [-0.3, -0.25) is 9.59 Å². The second-order valence-electron chi connectivity index (χ2n) is 5.83. The molecule has 2 aliphatic carbocycles. The lowest BCUT2D eigenvalue weighted by molar-refractivity contribution is -0.146. The highest BCUT2D eigenvalue weighted by atomic mass is 19.2. The van der Waals surface area contributed by atoms with E-state index in [-0.39, 0.29) is 29.7 Å². The molecule has 6 heteroatoms. The molecule has 2 N–H and O–H groups in total. The first-order valence-corrected chi connectivity index (χ1v) is 6.94. The van der Waals surface area contributed by atoms with Crippen LogP contribution in [0.2, 0.25) is 0 Å². The van der Waals surface area contributed by atoms with Gasteiger partial charge in [0.05, 0.1) is 5.92 Å². The van der Waals surface area contributed by atoms with Crippen LogP contribution in [0, 0.1) is 23.5 Å². The van der Waals surface area contributed by atoms with Crippen molar-refractivity contribution >= 4 is 11.9 Å². The number of benzene rings is 1. The number of carboxylic acids is 1. The van der Waals surface area contributed by atoms with Gasteiger partial charge in [0.1, 0.15) is 0 Å². The number of hydrogen-bond acceptors (Lipinski definition) is 2. The van der Waals surface area contributed by atoms with Gasteiger partial charge in [0.15, 0.2) is 11.6 Å². The average molecular weight is 295 g/mol. The van der Waals surface area contributed by atoms with E-state index in [0.717, 1.165) is 12.1 Å². The maximum Gasteiger partial charge on any atom is 0.306 e. The molecule has 2 saturated carbocycles. The number of hydrogen-bond donors (Lipinski definition) is 2. The first kappa shape index (κ1) is 14.0. The molecular weight excluding hydrogens is 280 g/mol. The van der Waals surface area contributed by atoms with Gasteiger partial charge in [-0.05, 0) is 42.9 Å². The Labute approximate surface area is 120 Å². The Morgan fingerprint density at radius 3 is 2.48 bits per heavy atom. The van der Waals surface area contributed by atoms with Gasteiger partial charge >= 0.3 is 5.97 Å². The van der Waals surface area contributed by atoms with Crippen molar-refractivity contribution in [2.45, 2.75) is 31.2 Å². The number of carbonyl (C=O) groups is 2. The lowest BCUT2D eigenvalue weighted by Gasteiger charge is -2.32. The van der Waals surface area contributed by atoms with Crippen LogP contribution in [0.3, 0.4) is 0 Å². The second-order valence-corrected chi connectivity index (χ2v) is 5.83. The van der Waals surface area contributed by atoms with Crippen molar-refractivity contribution in [3.05, 3.63) is 35.4 Å². The van der Waals surface area contributed by atoms with Gasteiger partial charge in [0.2, 0.25) is 5.91 Å². The maximum atomic E-state index is 13.2. The number of aliphatic carboxylic acids is 1. The highest BCUT2D eigenvalue weighted by Crippen LogP contribution is 2.48. The summed E-state index contributed by atoms with van der Waals surface area (Å²) in [5.41, 5.74) is 0.631. The van der Waals surface area contributed by atoms with Crippen LogP contribution in [0.5, 0.6) is 0 Å². The molecule has 0 aromatic heterocycles. The average Bonchev–Trinajstić information content (AvgIpc) is 3.16. The van der Waals surface area contributed by atoms with E-state index in [0.29, 0.717) is 24.8 Å². The summed E-state index contributed by atoms with van der Waals surface area (Å²) < 4.78 is 26.0. The smallest absolute Gasteiger partial charge is 0.306 e. The molecule has 0 saturated heterocycles. The Balaban J connectivity index is 1.52. The zero-order valence-electron chi connectivity index (χ0n) is 11.2. The summed E-state index contributed by atoms with van der Waals surface area (Å²) in [5.74, 6) is -3.41. The molecule has 0 aliphatic heterocycles. The third-order valence-corrected chi connectivity index (χ3v) is 4.33. The molecule has 2 fully saturated rings. The van der Waals surface area contributed by atoms with Crippen LogP contribution in [-0.4, -0.2) is 23.0 Å². The van der Waals surface area contributed by atoms with Crippen LogP contribution in [-0.2, 0) is 9.59 Å². The van der Waals surface area contributed by atoms with Crippen molar-refractivity contribution in [3.63, 3.8) is 0 Å². The molecule has 3 rings (SSSR count). The molecule has 0 spiro atoms. The number of carboxylic acid groups (broad SMARTS) is 1. The number of rotatable bonds is 4. The van der Waals surface area contributed by atoms with Crippen LogP contribution in [0.15, 0.2) is 18.2 Å². The lowest BCUT2D eigenvalue weighted by atomic mass is 9.80. The fourth-order valence-corrected chi connectivity index (χ4v) is 2.84. The normalized spacial score (nSPS) is 30.4. The molecular formula is C15H15F2NO3. The number of halogens is 2. The van der Waals surface area contributed by atoms with Crippen LogP contribution in [0.4, 0.5) is 8.78 Å². The van der Waals surface area contributed by atoms with E-state index in [2.05, 4.69) is 5.32 Å². The highest BCUT2D eigenvalue weighted by Gasteiger charge is 2.46. The molecule has 1 amide bonds. The minimum atomic E-state index is -0.901. The Hall–Kier alpha value is -1.98. The number of carbonyl (C=O) groups excluding carboxylic acids is 1. The summed E-state index contributed by atoms with van der Waals surface area (Å²) in [5, 5.41) is 11.6. The first-order valence-electron chi connectivity index (χ1n) is 6.94. The van der Waals surface area contributed by atoms with E-state index in [4.69, 9.17) is 5.11 Å². The van der Waals surface area contributed by atoms with Gasteiger partial charge < -0.3 is 10.4 Å². The predicted molar refractivity (Wildman–Crippen MR) is 69.5 cm³/mol. The van der Waals surface area contributed by atoms with Crippen molar-refractivity contribution in [2.24, 2.45) is 11.8 Å². The summed E-state index contributed by atoms with van der Waals surface area (Å²) in [6.07, 6.45) is 1.54. The van der Waals surface area contributed by atoms with Crippen molar-refractivity contribution in [3.8, 4) is 0 Å². The van der Waals surface area contributed by atoms with Crippen LogP contribution in [0.1, 0.15) is 30.7 Å². The SMILES string of the molecule is O=C(O)C1CC(NC(=O)C2CC2c2ccc(F)c(F)c2)C1. The van der Waals surface area contributed by atoms with Gasteiger partial charge in [0.25, 0.3) is 0 Å². The molecule has 0 bridgehead atoms. The van der Waals surface area contributed by atoms with E-state index < -0.39 is 17.6 Å². The van der Waals surface area contributed by atoms with Gasteiger partial charge in [-0.15, -0.1) is 0 Å². The molecule has 4 nitrogen and oxygen atoms in total. The van der Waals surface area contributed by atoms with Gasteiger partial charge in [-0.1, -0.05) is 6.07 Å². The second kappa shape index (κ2) is 5.09. The maximum absolute atomic E-state index is 13.2. The molecule has 1 aromatic rings. The van der Waals surface area contributed by atoms with Crippen LogP contribution < -0.4 is 5.32 Å². The van der Waals surface area contributed by atoms with E-state index >= 15 is 0 Å². The fourth-order valence-electron chi connectivity index (χ4n) is 2.84. The molecule has 112 valence electrons.